The van der Waals surface area contributed by atoms with Crippen LogP contribution in [-0.2, 0) is 15.0 Å². The first-order chi connectivity index (χ1) is 10.5. The fourth-order valence-electron chi connectivity index (χ4n) is 3.20. The van der Waals surface area contributed by atoms with Crippen LogP contribution in [0.1, 0.15) is 12.5 Å². The molecule has 22 heavy (non-hydrogen) atoms. The normalized spacial score (nSPS) is 24.2. The second-order valence-electron chi connectivity index (χ2n) is 5.43. The number of rotatable bonds is 3. The van der Waals surface area contributed by atoms with Crippen molar-refractivity contribution >= 4 is 22.8 Å². The molecule has 0 saturated heterocycles. The molecule has 2 aromatic rings. The summed E-state index contributed by atoms with van der Waals surface area (Å²) >= 11 is 0. The predicted molar refractivity (Wildman–Crippen MR) is 81.6 cm³/mol. The average molecular weight is 297 g/mol. The zero-order valence-electron chi connectivity index (χ0n) is 11.9. The van der Waals surface area contributed by atoms with Gasteiger partial charge in [0.15, 0.2) is 0 Å². The van der Waals surface area contributed by atoms with Crippen LogP contribution >= 0.6 is 0 Å². The van der Waals surface area contributed by atoms with Crippen LogP contribution in [0.15, 0.2) is 54.3 Å². The molecule has 0 radical (unpaired) electrons. The van der Waals surface area contributed by atoms with E-state index in [2.05, 4.69) is 4.98 Å². The topological polar surface area (TPSA) is 90.4 Å². The van der Waals surface area contributed by atoms with E-state index in [0.717, 1.165) is 10.9 Å². The lowest BCUT2D eigenvalue weighted by Crippen LogP contribution is -2.43. The Hall–Kier alpha value is -2.82. The van der Waals surface area contributed by atoms with Crippen molar-refractivity contribution in [1.29, 1.82) is 0 Å². The average Bonchev–Trinajstić information content (AvgIpc) is 2.91. The van der Waals surface area contributed by atoms with Crippen LogP contribution in [0.2, 0.25) is 0 Å². The standard InChI is InChI=1S/C17H15NO4/c1-10-11(15(19)20)6-4-8-17(10,16(21)22)13-9-18-14-7-3-2-5-12(13)14/h2-10,18H,1H3,(H,19,20)(H,21,22)/t10?,17-/m0/s1. The summed E-state index contributed by atoms with van der Waals surface area (Å²) in [6, 6.07) is 7.39. The monoisotopic (exact) mass is 297 g/mol. The predicted octanol–water partition coefficient (Wildman–Crippen LogP) is 2.71. The molecule has 0 aliphatic heterocycles. The first-order valence-electron chi connectivity index (χ1n) is 6.91. The second-order valence-corrected chi connectivity index (χ2v) is 5.43. The number of benzene rings is 1. The molecule has 1 aromatic carbocycles. The quantitative estimate of drug-likeness (QED) is 0.812. The largest absolute Gasteiger partial charge is 0.480 e. The lowest BCUT2D eigenvalue weighted by Gasteiger charge is -2.34. The molecule has 0 amide bonds. The van der Waals surface area contributed by atoms with Gasteiger partial charge in [-0.1, -0.05) is 43.4 Å². The highest BCUT2D eigenvalue weighted by Gasteiger charge is 2.48. The molecule has 1 aromatic heterocycles. The Kier molecular flexibility index (Phi) is 3.13. The van der Waals surface area contributed by atoms with E-state index in [1.807, 2.05) is 24.3 Å². The number of carbonyl (C=O) groups is 2. The summed E-state index contributed by atoms with van der Waals surface area (Å²) in [4.78, 5) is 26.6. The summed E-state index contributed by atoms with van der Waals surface area (Å²) in [7, 11) is 0. The molecule has 0 spiro atoms. The number of aromatic amines is 1. The summed E-state index contributed by atoms with van der Waals surface area (Å²) in [5.74, 6) is -2.85. The van der Waals surface area contributed by atoms with Gasteiger partial charge in [-0.25, -0.2) is 4.79 Å². The van der Waals surface area contributed by atoms with Gasteiger partial charge >= 0.3 is 11.9 Å². The third-order valence-corrected chi connectivity index (χ3v) is 4.42. The molecule has 5 heteroatoms. The zero-order chi connectivity index (χ0) is 15.9. The van der Waals surface area contributed by atoms with Crippen molar-refractivity contribution in [1.82, 2.24) is 4.98 Å². The van der Waals surface area contributed by atoms with E-state index in [1.165, 1.54) is 12.2 Å². The lowest BCUT2D eigenvalue weighted by molar-refractivity contribution is -0.143. The fraction of sp³-hybridized carbons (Fsp3) is 0.176. The Morgan fingerprint density at radius 1 is 1.23 bits per heavy atom. The summed E-state index contributed by atoms with van der Waals surface area (Å²) in [5.41, 5.74) is 0.0914. The highest BCUT2D eigenvalue weighted by molar-refractivity contribution is 5.98. The van der Waals surface area contributed by atoms with Gasteiger partial charge in [-0.2, -0.15) is 0 Å². The zero-order valence-corrected chi connectivity index (χ0v) is 11.9. The summed E-state index contributed by atoms with van der Waals surface area (Å²) < 4.78 is 0. The molecular formula is C17H15NO4. The molecule has 5 nitrogen and oxygen atoms in total. The van der Waals surface area contributed by atoms with E-state index in [9.17, 15) is 19.8 Å². The number of aliphatic carboxylic acids is 2. The number of H-pyrrole nitrogens is 1. The highest BCUT2D eigenvalue weighted by atomic mass is 16.4. The number of carboxylic acid groups (broad SMARTS) is 2. The van der Waals surface area contributed by atoms with Crippen molar-refractivity contribution in [2.24, 2.45) is 5.92 Å². The number of fused-ring (bicyclic) bond motifs is 1. The van der Waals surface area contributed by atoms with Crippen LogP contribution < -0.4 is 0 Å². The van der Waals surface area contributed by atoms with E-state index < -0.39 is 23.3 Å². The van der Waals surface area contributed by atoms with Gasteiger partial charge in [-0.15, -0.1) is 0 Å². The maximum atomic E-state index is 12.1. The molecule has 2 atom stereocenters. The van der Waals surface area contributed by atoms with E-state index in [1.54, 1.807) is 19.2 Å². The van der Waals surface area contributed by atoms with Crippen molar-refractivity contribution in [3.05, 3.63) is 59.8 Å². The molecule has 3 rings (SSSR count). The van der Waals surface area contributed by atoms with Gasteiger partial charge in [-0.05, 0) is 11.6 Å². The maximum Gasteiger partial charge on any atom is 0.331 e. The minimum Gasteiger partial charge on any atom is -0.480 e. The van der Waals surface area contributed by atoms with Crippen LogP contribution in [0.4, 0.5) is 0 Å². The van der Waals surface area contributed by atoms with Crippen LogP contribution in [0.5, 0.6) is 0 Å². The van der Waals surface area contributed by atoms with Crippen molar-refractivity contribution in [3.63, 3.8) is 0 Å². The Balaban J connectivity index is 2.27. The van der Waals surface area contributed by atoms with Gasteiger partial charge in [-0.3, -0.25) is 4.79 Å². The van der Waals surface area contributed by atoms with Crippen molar-refractivity contribution in [3.8, 4) is 0 Å². The smallest absolute Gasteiger partial charge is 0.331 e. The van der Waals surface area contributed by atoms with Gasteiger partial charge < -0.3 is 15.2 Å². The van der Waals surface area contributed by atoms with Crippen LogP contribution in [0.25, 0.3) is 10.9 Å². The first kappa shape index (κ1) is 14.1. The minimum atomic E-state index is -1.40. The molecular weight excluding hydrogens is 282 g/mol. The Labute approximate surface area is 126 Å². The summed E-state index contributed by atoms with van der Waals surface area (Å²) in [6.45, 7) is 1.64. The van der Waals surface area contributed by atoms with E-state index in [0.29, 0.717) is 5.56 Å². The summed E-state index contributed by atoms with van der Waals surface area (Å²) in [6.07, 6.45) is 6.20. The minimum absolute atomic E-state index is 0.0928. The number of hydrogen-bond donors (Lipinski definition) is 3. The van der Waals surface area contributed by atoms with Gasteiger partial charge in [0.05, 0.1) is 0 Å². The molecule has 3 N–H and O–H groups in total. The molecule has 1 aliphatic rings. The number of para-hydroxylation sites is 1. The van der Waals surface area contributed by atoms with E-state index in [-0.39, 0.29) is 5.57 Å². The van der Waals surface area contributed by atoms with E-state index >= 15 is 0 Å². The molecule has 0 bridgehead atoms. The molecule has 1 heterocycles. The Morgan fingerprint density at radius 3 is 2.64 bits per heavy atom. The first-order valence-corrected chi connectivity index (χ1v) is 6.91. The number of allylic oxidation sites excluding steroid dienone is 2. The Bertz CT molecular complexity index is 830. The van der Waals surface area contributed by atoms with Crippen molar-refractivity contribution in [2.45, 2.75) is 12.3 Å². The highest BCUT2D eigenvalue weighted by Crippen LogP contribution is 2.43. The molecule has 0 fully saturated rings. The summed E-state index contributed by atoms with van der Waals surface area (Å²) in [5, 5.41) is 20.0. The van der Waals surface area contributed by atoms with E-state index in [4.69, 9.17) is 0 Å². The van der Waals surface area contributed by atoms with Crippen LogP contribution in [-0.4, -0.2) is 27.1 Å². The van der Waals surface area contributed by atoms with Crippen LogP contribution in [0, 0.1) is 5.92 Å². The number of hydrogen-bond acceptors (Lipinski definition) is 2. The van der Waals surface area contributed by atoms with Gasteiger partial charge in [0, 0.05) is 28.6 Å². The van der Waals surface area contributed by atoms with Crippen molar-refractivity contribution < 1.29 is 19.8 Å². The van der Waals surface area contributed by atoms with Crippen molar-refractivity contribution in [2.75, 3.05) is 0 Å². The number of carboxylic acids is 2. The molecule has 112 valence electrons. The molecule has 1 aliphatic carbocycles. The second kappa shape index (κ2) is 4.87. The molecule has 0 saturated carbocycles. The van der Waals surface area contributed by atoms with Gasteiger partial charge in [0.1, 0.15) is 5.41 Å². The molecule has 1 unspecified atom stereocenters. The maximum absolute atomic E-state index is 12.1. The lowest BCUT2D eigenvalue weighted by atomic mass is 9.66. The number of nitrogens with one attached hydrogen (secondary N) is 1. The van der Waals surface area contributed by atoms with Crippen LogP contribution in [0.3, 0.4) is 0 Å². The number of aromatic nitrogens is 1. The fourth-order valence-corrected chi connectivity index (χ4v) is 3.20. The third kappa shape index (κ3) is 1.79. The SMILES string of the molecule is CC1C(C(=O)O)=CC=C[C@@]1(C(=O)O)c1c[nH]c2ccccc12. The third-order valence-electron chi connectivity index (χ3n) is 4.42. The van der Waals surface area contributed by atoms with Gasteiger partial charge in [0.25, 0.3) is 0 Å². The Morgan fingerprint density at radius 2 is 1.95 bits per heavy atom. The van der Waals surface area contributed by atoms with Gasteiger partial charge in [0.2, 0.25) is 0 Å².